The molecule has 3 nitrogen and oxygen atoms in total. The Kier molecular flexibility index (Phi) is 2.77. The van der Waals surface area contributed by atoms with Crippen LogP contribution in [0.5, 0.6) is 11.5 Å². The zero-order chi connectivity index (χ0) is 11.5. The third-order valence-corrected chi connectivity index (χ3v) is 2.42. The van der Waals surface area contributed by atoms with E-state index in [4.69, 9.17) is 10.5 Å². The molecular weight excluding hydrogens is 200 g/mol. The fourth-order valence-corrected chi connectivity index (χ4v) is 1.50. The molecular formula is C13H14N2O. The fraction of sp³-hybridized carbons (Fsp3) is 0.154. The van der Waals surface area contributed by atoms with E-state index in [9.17, 15) is 0 Å². The van der Waals surface area contributed by atoms with Crippen molar-refractivity contribution >= 4 is 5.69 Å². The number of anilines is 1. The topological polar surface area (TPSA) is 48.1 Å². The predicted octanol–water partition coefficient (Wildman–Crippen LogP) is 3.07. The fourth-order valence-electron chi connectivity index (χ4n) is 1.50. The first kappa shape index (κ1) is 10.5. The van der Waals surface area contributed by atoms with Crippen molar-refractivity contribution in [3.8, 4) is 11.5 Å². The van der Waals surface area contributed by atoms with Crippen molar-refractivity contribution in [2.24, 2.45) is 0 Å². The summed E-state index contributed by atoms with van der Waals surface area (Å²) in [7, 11) is 0. The Morgan fingerprint density at radius 1 is 1.12 bits per heavy atom. The standard InChI is InChI=1S/C13H14N2O/c1-9-4-3-5-11(14)13(9)16-12-6-7-15-8-10(12)2/h3-8H,14H2,1-2H3. The molecule has 0 aliphatic rings. The SMILES string of the molecule is Cc1cnccc1Oc1c(C)cccc1N. The smallest absolute Gasteiger partial charge is 0.153 e. The predicted molar refractivity (Wildman–Crippen MR) is 64.6 cm³/mol. The summed E-state index contributed by atoms with van der Waals surface area (Å²) in [5.74, 6) is 1.51. The lowest BCUT2D eigenvalue weighted by Crippen LogP contribution is -1.95. The number of aryl methyl sites for hydroxylation is 2. The van der Waals surface area contributed by atoms with Crippen LogP contribution in [0.15, 0.2) is 36.7 Å². The minimum Gasteiger partial charge on any atom is -0.455 e. The van der Waals surface area contributed by atoms with Gasteiger partial charge in [0.15, 0.2) is 5.75 Å². The van der Waals surface area contributed by atoms with Crippen molar-refractivity contribution in [2.75, 3.05) is 5.73 Å². The van der Waals surface area contributed by atoms with Gasteiger partial charge in [0.2, 0.25) is 0 Å². The number of hydrogen-bond donors (Lipinski definition) is 1. The molecule has 0 radical (unpaired) electrons. The molecule has 0 bridgehead atoms. The van der Waals surface area contributed by atoms with Gasteiger partial charge in [0.05, 0.1) is 5.69 Å². The minimum absolute atomic E-state index is 0.649. The number of nitrogen functional groups attached to an aromatic ring is 1. The highest BCUT2D eigenvalue weighted by Crippen LogP contribution is 2.31. The largest absolute Gasteiger partial charge is 0.455 e. The molecule has 1 heterocycles. The summed E-state index contributed by atoms with van der Waals surface area (Å²) < 4.78 is 5.81. The van der Waals surface area contributed by atoms with Crippen LogP contribution in [0.4, 0.5) is 5.69 Å². The Morgan fingerprint density at radius 3 is 2.62 bits per heavy atom. The number of para-hydroxylation sites is 1. The average molecular weight is 214 g/mol. The van der Waals surface area contributed by atoms with E-state index in [1.54, 1.807) is 12.4 Å². The molecule has 2 aromatic rings. The normalized spacial score (nSPS) is 10.1. The summed E-state index contributed by atoms with van der Waals surface area (Å²) in [6.07, 6.45) is 3.47. The van der Waals surface area contributed by atoms with Crippen molar-refractivity contribution in [2.45, 2.75) is 13.8 Å². The molecule has 0 amide bonds. The van der Waals surface area contributed by atoms with E-state index in [2.05, 4.69) is 4.98 Å². The molecule has 0 unspecified atom stereocenters. The number of benzene rings is 1. The molecule has 2 rings (SSSR count). The van der Waals surface area contributed by atoms with Gasteiger partial charge in [-0.2, -0.15) is 0 Å². The summed E-state index contributed by atoms with van der Waals surface area (Å²) >= 11 is 0. The van der Waals surface area contributed by atoms with Gasteiger partial charge in [0.1, 0.15) is 5.75 Å². The number of aromatic nitrogens is 1. The van der Waals surface area contributed by atoms with Crippen LogP contribution >= 0.6 is 0 Å². The highest BCUT2D eigenvalue weighted by atomic mass is 16.5. The van der Waals surface area contributed by atoms with Gasteiger partial charge in [-0.25, -0.2) is 0 Å². The number of rotatable bonds is 2. The second-order valence-corrected chi connectivity index (χ2v) is 3.74. The summed E-state index contributed by atoms with van der Waals surface area (Å²) in [5, 5.41) is 0. The molecule has 16 heavy (non-hydrogen) atoms. The van der Waals surface area contributed by atoms with Crippen LogP contribution in [0.25, 0.3) is 0 Å². The number of pyridine rings is 1. The second-order valence-electron chi connectivity index (χ2n) is 3.74. The number of ether oxygens (including phenoxy) is 1. The van der Waals surface area contributed by atoms with Gasteiger partial charge >= 0.3 is 0 Å². The first-order valence-corrected chi connectivity index (χ1v) is 5.12. The van der Waals surface area contributed by atoms with Crippen LogP contribution < -0.4 is 10.5 Å². The van der Waals surface area contributed by atoms with Gasteiger partial charge < -0.3 is 10.5 Å². The highest BCUT2D eigenvalue weighted by molar-refractivity contribution is 5.58. The molecule has 0 atom stereocenters. The lowest BCUT2D eigenvalue weighted by Gasteiger charge is -2.12. The molecule has 0 fully saturated rings. The molecule has 1 aromatic heterocycles. The third-order valence-electron chi connectivity index (χ3n) is 2.42. The van der Waals surface area contributed by atoms with Crippen LogP contribution in [0.3, 0.4) is 0 Å². The van der Waals surface area contributed by atoms with Gasteiger partial charge in [-0.15, -0.1) is 0 Å². The molecule has 0 aliphatic carbocycles. The van der Waals surface area contributed by atoms with Crippen LogP contribution in [0.2, 0.25) is 0 Å². The minimum atomic E-state index is 0.649. The maximum absolute atomic E-state index is 5.88. The van der Waals surface area contributed by atoms with Gasteiger partial charge in [0, 0.05) is 18.0 Å². The average Bonchev–Trinajstić information content (AvgIpc) is 2.26. The van der Waals surface area contributed by atoms with Crippen molar-refractivity contribution in [3.63, 3.8) is 0 Å². The van der Waals surface area contributed by atoms with Crippen molar-refractivity contribution < 1.29 is 4.74 Å². The van der Waals surface area contributed by atoms with E-state index in [0.29, 0.717) is 5.69 Å². The van der Waals surface area contributed by atoms with Crippen LogP contribution in [0.1, 0.15) is 11.1 Å². The Hall–Kier alpha value is -2.03. The van der Waals surface area contributed by atoms with Crippen molar-refractivity contribution in [1.29, 1.82) is 0 Å². The van der Waals surface area contributed by atoms with Crippen molar-refractivity contribution in [3.05, 3.63) is 47.8 Å². The van der Waals surface area contributed by atoms with Crippen LogP contribution in [-0.4, -0.2) is 4.98 Å². The van der Waals surface area contributed by atoms with Crippen LogP contribution in [0, 0.1) is 13.8 Å². The van der Waals surface area contributed by atoms with Gasteiger partial charge in [-0.1, -0.05) is 12.1 Å². The lowest BCUT2D eigenvalue weighted by atomic mass is 10.2. The number of hydrogen-bond acceptors (Lipinski definition) is 3. The number of nitrogens with two attached hydrogens (primary N) is 1. The van der Waals surface area contributed by atoms with E-state index in [1.165, 1.54) is 0 Å². The zero-order valence-electron chi connectivity index (χ0n) is 9.40. The molecule has 0 saturated carbocycles. The quantitative estimate of drug-likeness (QED) is 0.781. The molecule has 2 N–H and O–H groups in total. The van der Waals surface area contributed by atoms with Crippen molar-refractivity contribution in [1.82, 2.24) is 4.98 Å². The Bertz CT molecular complexity index is 489. The number of nitrogens with zero attached hydrogens (tertiary/aromatic N) is 1. The second kappa shape index (κ2) is 4.23. The maximum Gasteiger partial charge on any atom is 0.153 e. The lowest BCUT2D eigenvalue weighted by molar-refractivity contribution is 0.477. The molecule has 1 aromatic carbocycles. The molecule has 0 aliphatic heterocycles. The molecule has 0 saturated heterocycles. The molecule has 3 heteroatoms. The van der Waals surface area contributed by atoms with E-state index < -0.39 is 0 Å². The van der Waals surface area contributed by atoms with Gasteiger partial charge in [-0.05, 0) is 31.5 Å². The monoisotopic (exact) mass is 214 g/mol. The summed E-state index contributed by atoms with van der Waals surface area (Å²) in [5.41, 5.74) is 8.54. The van der Waals surface area contributed by atoms with E-state index in [-0.39, 0.29) is 0 Å². The van der Waals surface area contributed by atoms with E-state index in [0.717, 1.165) is 22.6 Å². The van der Waals surface area contributed by atoms with Gasteiger partial charge in [0.25, 0.3) is 0 Å². The Labute approximate surface area is 94.9 Å². The van der Waals surface area contributed by atoms with Crippen LogP contribution in [-0.2, 0) is 0 Å². The summed E-state index contributed by atoms with van der Waals surface area (Å²) in [6.45, 7) is 3.93. The van der Waals surface area contributed by atoms with Gasteiger partial charge in [-0.3, -0.25) is 4.98 Å². The molecule has 82 valence electrons. The zero-order valence-corrected chi connectivity index (χ0v) is 9.40. The maximum atomic E-state index is 5.88. The Balaban J connectivity index is 2.38. The Morgan fingerprint density at radius 2 is 1.94 bits per heavy atom. The summed E-state index contributed by atoms with van der Waals surface area (Å²) in [6, 6.07) is 7.55. The van der Waals surface area contributed by atoms with E-state index >= 15 is 0 Å². The highest BCUT2D eigenvalue weighted by Gasteiger charge is 2.06. The third kappa shape index (κ3) is 1.98. The first-order valence-electron chi connectivity index (χ1n) is 5.12. The molecule has 0 spiro atoms. The van der Waals surface area contributed by atoms with E-state index in [1.807, 2.05) is 38.1 Å². The first-order chi connectivity index (χ1) is 7.68. The summed E-state index contributed by atoms with van der Waals surface area (Å²) in [4.78, 5) is 4.02.